The van der Waals surface area contributed by atoms with Crippen LogP contribution in [0.25, 0.3) is 10.8 Å². The van der Waals surface area contributed by atoms with Gasteiger partial charge in [-0.2, -0.15) is 0 Å². The summed E-state index contributed by atoms with van der Waals surface area (Å²) in [5.41, 5.74) is 1.06. The topological polar surface area (TPSA) is 70.5 Å². The number of rotatable bonds is 6. The molecule has 0 unspecified atom stereocenters. The summed E-state index contributed by atoms with van der Waals surface area (Å²) < 4.78 is 0. The van der Waals surface area contributed by atoms with E-state index in [1.807, 2.05) is 25.7 Å². The smallest absolute Gasteiger partial charge is 0.278 e. The first kappa shape index (κ1) is 22.2. The summed E-state index contributed by atoms with van der Waals surface area (Å²) in [6.45, 7) is 12.1. The van der Waals surface area contributed by atoms with E-state index in [4.69, 9.17) is 0 Å². The van der Waals surface area contributed by atoms with Crippen LogP contribution in [0, 0.1) is 0 Å². The van der Waals surface area contributed by atoms with Crippen molar-refractivity contribution in [3.63, 3.8) is 0 Å². The third-order valence-electron chi connectivity index (χ3n) is 5.71. The number of carbonyl (C=O) groups is 2. The van der Waals surface area contributed by atoms with Crippen molar-refractivity contribution < 1.29 is 19.8 Å². The second-order valence-corrected chi connectivity index (χ2v) is 9.40. The van der Waals surface area contributed by atoms with Gasteiger partial charge in [0.15, 0.2) is 13.1 Å². The molecule has 0 bridgehead atoms. The molecule has 162 valence electrons. The van der Waals surface area contributed by atoms with Crippen LogP contribution in [0.15, 0.2) is 42.5 Å². The normalized spacial score (nSPS) is 16.5. The Labute approximate surface area is 179 Å². The molecule has 0 saturated carbocycles. The quantitative estimate of drug-likeness (QED) is 0.630. The van der Waals surface area contributed by atoms with Gasteiger partial charge in [-0.05, 0) is 38.5 Å². The van der Waals surface area contributed by atoms with Gasteiger partial charge in [0.05, 0.1) is 26.2 Å². The predicted molar refractivity (Wildman–Crippen MR) is 119 cm³/mol. The molecule has 0 spiro atoms. The van der Waals surface area contributed by atoms with E-state index in [1.54, 1.807) is 0 Å². The summed E-state index contributed by atoms with van der Waals surface area (Å²) in [7, 11) is 0. The Morgan fingerprint density at radius 3 is 2.47 bits per heavy atom. The Hall–Kier alpha value is -2.44. The zero-order valence-electron chi connectivity index (χ0n) is 18.7. The second-order valence-electron chi connectivity index (χ2n) is 9.40. The van der Waals surface area contributed by atoms with Gasteiger partial charge in [-0.15, -0.1) is 0 Å². The molecule has 1 fully saturated rings. The lowest BCUT2D eigenvalue weighted by Crippen LogP contribution is -3.16. The summed E-state index contributed by atoms with van der Waals surface area (Å²) >= 11 is 0. The van der Waals surface area contributed by atoms with Gasteiger partial charge in [-0.25, -0.2) is 0 Å². The van der Waals surface area contributed by atoms with Crippen molar-refractivity contribution in [2.75, 3.05) is 39.3 Å². The zero-order valence-corrected chi connectivity index (χ0v) is 18.7. The molecule has 2 aromatic carbocycles. The minimum atomic E-state index is -0.203. The molecule has 2 amide bonds. The predicted octanol–water partition coefficient (Wildman–Crippen LogP) is 0.106. The molecule has 1 aliphatic rings. The Balaban J connectivity index is 1.46. The van der Waals surface area contributed by atoms with Crippen LogP contribution in [0.2, 0.25) is 0 Å². The van der Waals surface area contributed by atoms with Gasteiger partial charge in [-0.3, -0.25) is 9.59 Å². The number of piperazine rings is 1. The molecule has 30 heavy (non-hydrogen) atoms. The Kier molecular flexibility index (Phi) is 7.10. The minimum absolute atomic E-state index is 0.0783. The number of hydrogen-bond donors (Lipinski definition) is 3. The van der Waals surface area contributed by atoms with Crippen LogP contribution in [0.3, 0.4) is 0 Å². The molecule has 1 heterocycles. The number of amides is 2. The van der Waals surface area contributed by atoms with Crippen LogP contribution >= 0.6 is 0 Å². The standard InChI is InChI=1S/C24H34N4O2/c1-18(20-11-7-9-19-8-5-6-10-21(19)20)25-16-23(30)28-14-12-27(13-15-28)17-22(29)26-24(2,3)4/h5-11,18,25H,12-17H2,1-4H3,(H,26,29)/p+2/t18-/m1/s1. The SMILES string of the molecule is C[C@@H]([NH2+]CC(=O)N1CC[NH+](CC(=O)NC(C)(C)C)CC1)c1cccc2ccccc12. The molecule has 6 nitrogen and oxygen atoms in total. The second kappa shape index (κ2) is 9.58. The van der Waals surface area contributed by atoms with Crippen LogP contribution in [0.1, 0.15) is 39.3 Å². The van der Waals surface area contributed by atoms with Crippen molar-refractivity contribution in [1.29, 1.82) is 0 Å². The van der Waals surface area contributed by atoms with Gasteiger partial charge >= 0.3 is 0 Å². The van der Waals surface area contributed by atoms with Crippen molar-refractivity contribution in [2.45, 2.75) is 39.3 Å². The van der Waals surface area contributed by atoms with Gasteiger partial charge < -0.3 is 20.4 Å². The maximum absolute atomic E-state index is 12.7. The largest absolute Gasteiger partial charge is 0.347 e. The van der Waals surface area contributed by atoms with Crippen LogP contribution in [0.4, 0.5) is 0 Å². The van der Waals surface area contributed by atoms with E-state index in [2.05, 4.69) is 60.0 Å². The van der Waals surface area contributed by atoms with Crippen molar-refractivity contribution in [3.8, 4) is 0 Å². The summed E-state index contributed by atoms with van der Waals surface area (Å²) in [6, 6.07) is 15.0. The Morgan fingerprint density at radius 2 is 1.77 bits per heavy atom. The van der Waals surface area contributed by atoms with E-state index < -0.39 is 0 Å². The number of quaternary nitrogens is 2. The zero-order chi connectivity index (χ0) is 21.7. The van der Waals surface area contributed by atoms with Crippen molar-refractivity contribution in [2.24, 2.45) is 0 Å². The van der Waals surface area contributed by atoms with Gasteiger partial charge in [-0.1, -0.05) is 42.5 Å². The van der Waals surface area contributed by atoms with Crippen LogP contribution in [-0.2, 0) is 9.59 Å². The van der Waals surface area contributed by atoms with Gasteiger partial charge in [0.2, 0.25) is 0 Å². The van der Waals surface area contributed by atoms with Crippen LogP contribution in [0.5, 0.6) is 0 Å². The highest BCUT2D eigenvalue weighted by atomic mass is 16.2. The van der Waals surface area contributed by atoms with Crippen molar-refractivity contribution >= 4 is 22.6 Å². The number of benzene rings is 2. The number of fused-ring (bicyclic) bond motifs is 1. The van der Waals surface area contributed by atoms with E-state index in [0.29, 0.717) is 26.2 Å². The maximum Gasteiger partial charge on any atom is 0.278 e. The number of nitrogens with one attached hydrogen (secondary N) is 2. The summed E-state index contributed by atoms with van der Waals surface area (Å²) in [5, 5.41) is 7.63. The lowest BCUT2D eigenvalue weighted by atomic mass is 10.00. The minimum Gasteiger partial charge on any atom is -0.347 e. The number of hydrogen-bond acceptors (Lipinski definition) is 2. The lowest BCUT2D eigenvalue weighted by molar-refractivity contribution is -0.896. The Morgan fingerprint density at radius 1 is 1.10 bits per heavy atom. The number of nitrogens with two attached hydrogens (primary N) is 1. The van der Waals surface area contributed by atoms with Crippen molar-refractivity contribution in [1.82, 2.24) is 10.2 Å². The first-order valence-corrected chi connectivity index (χ1v) is 11.0. The molecule has 4 N–H and O–H groups in total. The third-order valence-corrected chi connectivity index (χ3v) is 5.71. The molecule has 0 aromatic heterocycles. The molecular formula is C24H36N4O2+2. The summed E-state index contributed by atoms with van der Waals surface area (Å²) in [6.07, 6.45) is 0. The molecule has 2 aromatic rings. The van der Waals surface area contributed by atoms with E-state index in [9.17, 15) is 9.59 Å². The average molecular weight is 413 g/mol. The first-order valence-electron chi connectivity index (χ1n) is 11.0. The highest BCUT2D eigenvalue weighted by molar-refractivity contribution is 5.86. The summed E-state index contributed by atoms with van der Waals surface area (Å²) in [4.78, 5) is 28.0. The lowest BCUT2D eigenvalue weighted by Gasteiger charge is -2.32. The van der Waals surface area contributed by atoms with Gasteiger partial charge in [0, 0.05) is 11.1 Å². The van der Waals surface area contributed by atoms with E-state index in [0.717, 1.165) is 13.1 Å². The number of carbonyl (C=O) groups excluding carboxylic acids is 2. The van der Waals surface area contributed by atoms with Gasteiger partial charge in [0.1, 0.15) is 6.04 Å². The molecule has 0 radical (unpaired) electrons. The van der Waals surface area contributed by atoms with Crippen LogP contribution in [-0.4, -0.2) is 61.5 Å². The third kappa shape index (κ3) is 6.03. The number of nitrogens with zero attached hydrogens (tertiary/aromatic N) is 1. The Bertz CT molecular complexity index is 877. The van der Waals surface area contributed by atoms with Crippen molar-refractivity contribution in [3.05, 3.63) is 48.0 Å². The van der Waals surface area contributed by atoms with Gasteiger partial charge in [0.25, 0.3) is 11.8 Å². The van der Waals surface area contributed by atoms with E-state index >= 15 is 0 Å². The summed E-state index contributed by atoms with van der Waals surface area (Å²) in [5.74, 6) is 0.259. The first-order chi connectivity index (χ1) is 14.2. The van der Waals surface area contributed by atoms with E-state index in [-0.39, 0.29) is 23.4 Å². The fourth-order valence-electron chi connectivity index (χ4n) is 4.12. The molecule has 0 aliphatic carbocycles. The monoisotopic (exact) mass is 412 g/mol. The molecule has 1 atom stereocenters. The molecule has 1 saturated heterocycles. The van der Waals surface area contributed by atoms with Crippen LogP contribution < -0.4 is 15.5 Å². The average Bonchev–Trinajstić information content (AvgIpc) is 2.70. The molecule has 6 heteroatoms. The fourth-order valence-corrected chi connectivity index (χ4v) is 4.12. The van der Waals surface area contributed by atoms with E-state index in [1.165, 1.54) is 21.2 Å². The molecule has 1 aliphatic heterocycles. The molecular weight excluding hydrogens is 376 g/mol. The fraction of sp³-hybridized carbons (Fsp3) is 0.500. The highest BCUT2D eigenvalue weighted by Gasteiger charge is 2.27. The molecule has 3 rings (SSSR count). The highest BCUT2D eigenvalue weighted by Crippen LogP contribution is 2.21. The maximum atomic E-state index is 12.7.